The standard InChI is InChI=1S/C15H21FN4O/c1-17-14-11(8-10(16)9-18-14)15(21)19-12-5-7-20-6-3-2-4-13(12)20/h8-9,12-13H,2-7H2,1H3,(H,17,18)(H,19,21). The number of amides is 1. The molecular weight excluding hydrogens is 271 g/mol. The van der Waals surface area contributed by atoms with Crippen LogP contribution < -0.4 is 10.6 Å². The topological polar surface area (TPSA) is 57.3 Å². The van der Waals surface area contributed by atoms with E-state index in [1.54, 1.807) is 7.05 Å². The minimum Gasteiger partial charge on any atom is -0.372 e. The molecule has 3 rings (SSSR count). The van der Waals surface area contributed by atoms with Crippen LogP contribution in [0.3, 0.4) is 0 Å². The van der Waals surface area contributed by atoms with E-state index in [1.165, 1.54) is 18.9 Å². The summed E-state index contributed by atoms with van der Waals surface area (Å²) in [6, 6.07) is 1.83. The van der Waals surface area contributed by atoms with Gasteiger partial charge in [-0.25, -0.2) is 9.37 Å². The summed E-state index contributed by atoms with van der Waals surface area (Å²) in [7, 11) is 1.68. The summed E-state index contributed by atoms with van der Waals surface area (Å²) in [5.74, 6) is -0.332. The van der Waals surface area contributed by atoms with Crippen molar-refractivity contribution in [1.82, 2.24) is 15.2 Å². The van der Waals surface area contributed by atoms with E-state index >= 15 is 0 Å². The van der Waals surface area contributed by atoms with Crippen LogP contribution in [0.15, 0.2) is 12.3 Å². The molecule has 2 aliphatic heterocycles. The highest BCUT2D eigenvalue weighted by atomic mass is 19.1. The summed E-state index contributed by atoms with van der Waals surface area (Å²) in [4.78, 5) is 18.8. The molecular formula is C15H21FN4O. The Bertz CT molecular complexity index is 536. The molecule has 1 aromatic rings. The fourth-order valence-electron chi connectivity index (χ4n) is 3.47. The molecule has 0 saturated carbocycles. The van der Waals surface area contributed by atoms with E-state index in [0.29, 0.717) is 11.9 Å². The van der Waals surface area contributed by atoms with Crippen LogP contribution in [0.1, 0.15) is 36.0 Å². The number of carbonyl (C=O) groups is 1. The number of hydrogen-bond donors (Lipinski definition) is 2. The van der Waals surface area contributed by atoms with Crippen LogP contribution in [0.4, 0.5) is 10.2 Å². The smallest absolute Gasteiger partial charge is 0.255 e. The summed E-state index contributed by atoms with van der Waals surface area (Å²) in [5.41, 5.74) is 0.270. The average Bonchev–Trinajstić information content (AvgIpc) is 2.90. The van der Waals surface area contributed by atoms with Crippen LogP contribution in [-0.2, 0) is 0 Å². The molecule has 2 fully saturated rings. The van der Waals surface area contributed by atoms with Crippen molar-refractivity contribution in [3.05, 3.63) is 23.6 Å². The molecule has 2 atom stereocenters. The molecule has 6 heteroatoms. The van der Waals surface area contributed by atoms with Crippen molar-refractivity contribution in [3.63, 3.8) is 0 Å². The third-order valence-corrected chi connectivity index (χ3v) is 4.51. The van der Waals surface area contributed by atoms with E-state index in [9.17, 15) is 9.18 Å². The fourth-order valence-corrected chi connectivity index (χ4v) is 3.47. The van der Waals surface area contributed by atoms with Gasteiger partial charge in [0, 0.05) is 25.7 Å². The van der Waals surface area contributed by atoms with Gasteiger partial charge in [0.1, 0.15) is 11.6 Å². The first-order chi connectivity index (χ1) is 10.2. The van der Waals surface area contributed by atoms with Crippen LogP contribution in [0, 0.1) is 5.82 Å². The number of aromatic nitrogens is 1. The molecule has 21 heavy (non-hydrogen) atoms. The van der Waals surface area contributed by atoms with Gasteiger partial charge in [0.05, 0.1) is 11.8 Å². The van der Waals surface area contributed by atoms with E-state index in [2.05, 4.69) is 20.5 Å². The first kappa shape index (κ1) is 14.3. The van der Waals surface area contributed by atoms with Gasteiger partial charge >= 0.3 is 0 Å². The van der Waals surface area contributed by atoms with E-state index in [0.717, 1.165) is 32.1 Å². The van der Waals surface area contributed by atoms with Gasteiger partial charge in [-0.05, 0) is 31.9 Å². The van der Waals surface area contributed by atoms with Crippen LogP contribution >= 0.6 is 0 Å². The van der Waals surface area contributed by atoms with Crippen molar-refractivity contribution in [2.45, 2.75) is 37.8 Å². The molecule has 0 aromatic carbocycles. The Morgan fingerprint density at radius 1 is 1.38 bits per heavy atom. The lowest BCUT2D eigenvalue weighted by molar-refractivity contribution is 0.0915. The number of pyridine rings is 1. The van der Waals surface area contributed by atoms with Crippen LogP contribution in [0.2, 0.25) is 0 Å². The lowest BCUT2D eigenvalue weighted by atomic mass is 9.99. The molecule has 0 radical (unpaired) electrons. The van der Waals surface area contributed by atoms with E-state index in [4.69, 9.17) is 0 Å². The fraction of sp³-hybridized carbons (Fsp3) is 0.600. The number of piperidine rings is 1. The van der Waals surface area contributed by atoms with Gasteiger partial charge in [-0.1, -0.05) is 6.42 Å². The highest BCUT2D eigenvalue weighted by molar-refractivity contribution is 5.98. The maximum Gasteiger partial charge on any atom is 0.255 e. The first-order valence-corrected chi connectivity index (χ1v) is 7.57. The van der Waals surface area contributed by atoms with Gasteiger partial charge in [0.25, 0.3) is 5.91 Å². The minimum atomic E-state index is -0.495. The third kappa shape index (κ3) is 2.85. The van der Waals surface area contributed by atoms with Crippen molar-refractivity contribution in [1.29, 1.82) is 0 Å². The summed E-state index contributed by atoms with van der Waals surface area (Å²) < 4.78 is 13.3. The number of anilines is 1. The molecule has 1 aromatic heterocycles. The maximum atomic E-state index is 13.3. The van der Waals surface area contributed by atoms with E-state index < -0.39 is 5.82 Å². The third-order valence-electron chi connectivity index (χ3n) is 4.51. The maximum absolute atomic E-state index is 13.3. The van der Waals surface area contributed by atoms with Gasteiger partial charge in [-0.2, -0.15) is 0 Å². The highest BCUT2D eigenvalue weighted by Gasteiger charge is 2.36. The summed E-state index contributed by atoms with van der Waals surface area (Å²) in [5, 5.41) is 5.90. The van der Waals surface area contributed by atoms with Crippen LogP contribution in [-0.4, -0.2) is 48.0 Å². The monoisotopic (exact) mass is 292 g/mol. The Balaban J connectivity index is 1.73. The molecule has 2 saturated heterocycles. The first-order valence-electron chi connectivity index (χ1n) is 7.57. The second-order valence-corrected chi connectivity index (χ2v) is 5.77. The van der Waals surface area contributed by atoms with Gasteiger partial charge < -0.3 is 10.6 Å². The molecule has 3 heterocycles. The van der Waals surface area contributed by atoms with Gasteiger partial charge in [-0.3, -0.25) is 9.69 Å². The number of rotatable bonds is 3. The Hall–Kier alpha value is -1.69. The number of hydrogen-bond acceptors (Lipinski definition) is 4. The highest BCUT2D eigenvalue weighted by Crippen LogP contribution is 2.27. The molecule has 2 N–H and O–H groups in total. The Morgan fingerprint density at radius 3 is 3.05 bits per heavy atom. The average molecular weight is 292 g/mol. The second-order valence-electron chi connectivity index (χ2n) is 5.77. The van der Waals surface area contributed by atoms with Crippen molar-refractivity contribution >= 4 is 11.7 Å². The van der Waals surface area contributed by atoms with Crippen LogP contribution in [0.25, 0.3) is 0 Å². The van der Waals surface area contributed by atoms with Crippen molar-refractivity contribution < 1.29 is 9.18 Å². The Labute approximate surface area is 123 Å². The lowest BCUT2D eigenvalue weighted by Crippen LogP contribution is -2.46. The number of halogens is 1. The SMILES string of the molecule is CNc1ncc(F)cc1C(=O)NC1CCN2CCCCC12. The number of fused-ring (bicyclic) bond motifs is 1. The Morgan fingerprint density at radius 2 is 2.24 bits per heavy atom. The van der Waals surface area contributed by atoms with Crippen LogP contribution in [0.5, 0.6) is 0 Å². The number of nitrogens with one attached hydrogen (secondary N) is 2. The molecule has 2 aliphatic rings. The second kappa shape index (κ2) is 5.97. The summed E-state index contributed by atoms with van der Waals surface area (Å²) in [6.07, 6.45) is 5.67. The predicted octanol–water partition coefficient (Wildman–Crippen LogP) is 1.62. The molecule has 0 bridgehead atoms. The largest absolute Gasteiger partial charge is 0.372 e. The molecule has 1 amide bonds. The van der Waals surface area contributed by atoms with Gasteiger partial charge in [0.15, 0.2) is 0 Å². The van der Waals surface area contributed by atoms with Gasteiger partial charge in [-0.15, -0.1) is 0 Å². The van der Waals surface area contributed by atoms with E-state index in [-0.39, 0.29) is 17.5 Å². The number of carbonyl (C=O) groups excluding carboxylic acids is 1. The minimum absolute atomic E-state index is 0.158. The molecule has 5 nitrogen and oxygen atoms in total. The Kier molecular flexibility index (Phi) is 4.05. The predicted molar refractivity (Wildman–Crippen MR) is 78.8 cm³/mol. The normalized spacial score (nSPS) is 25.4. The quantitative estimate of drug-likeness (QED) is 0.889. The zero-order valence-corrected chi connectivity index (χ0v) is 12.2. The van der Waals surface area contributed by atoms with Gasteiger partial charge in [0.2, 0.25) is 0 Å². The molecule has 2 unspecified atom stereocenters. The lowest BCUT2D eigenvalue weighted by Gasteiger charge is -2.32. The summed E-state index contributed by atoms with van der Waals surface area (Å²) in [6.45, 7) is 2.16. The van der Waals surface area contributed by atoms with Crippen molar-refractivity contribution in [3.8, 4) is 0 Å². The van der Waals surface area contributed by atoms with E-state index in [1.807, 2.05) is 0 Å². The molecule has 0 aliphatic carbocycles. The zero-order chi connectivity index (χ0) is 14.8. The number of nitrogens with zero attached hydrogens (tertiary/aromatic N) is 2. The van der Waals surface area contributed by atoms with Crippen molar-refractivity contribution in [2.24, 2.45) is 0 Å². The zero-order valence-electron chi connectivity index (χ0n) is 12.2. The van der Waals surface area contributed by atoms with Crippen molar-refractivity contribution in [2.75, 3.05) is 25.5 Å². The molecule has 0 spiro atoms. The molecule has 114 valence electrons. The summed E-state index contributed by atoms with van der Waals surface area (Å²) >= 11 is 0.